The predicted octanol–water partition coefficient (Wildman–Crippen LogP) is -0.693. The highest BCUT2D eigenvalue weighted by Gasteiger charge is 2.07. The van der Waals surface area contributed by atoms with Gasteiger partial charge >= 0.3 is 6.03 Å². The molecule has 0 spiro atoms. The molecule has 1 rings (SSSR count). The van der Waals surface area contributed by atoms with Crippen LogP contribution in [0.4, 0.5) is 10.6 Å². The standard InChI is InChI=1S/C10H16N6O2/c1-2-12-8-4-3-7(15-16-8)9(17)13-5-6-14-10(11)18/h3-4H,2,5-6H2,1H3,(H,12,16)(H,13,17)(H3,11,14,18). The summed E-state index contributed by atoms with van der Waals surface area (Å²) in [6.45, 7) is 3.22. The van der Waals surface area contributed by atoms with Crippen molar-refractivity contribution in [2.45, 2.75) is 6.92 Å². The van der Waals surface area contributed by atoms with Crippen LogP contribution >= 0.6 is 0 Å². The highest BCUT2D eigenvalue weighted by atomic mass is 16.2. The molecule has 0 aliphatic carbocycles. The lowest BCUT2D eigenvalue weighted by molar-refractivity contribution is 0.0948. The van der Waals surface area contributed by atoms with E-state index in [-0.39, 0.29) is 24.7 Å². The Hall–Kier alpha value is -2.38. The average Bonchev–Trinajstić information content (AvgIpc) is 2.35. The molecule has 0 atom stereocenters. The number of carbonyl (C=O) groups is 2. The van der Waals surface area contributed by atoms with Crippen molar-refractivity contribution < 1.29 is 9.59 Å². The van der Waals surface area contributed by atoms with Gasteiger partial charge in [0.2, 0.25) is 0 Å². The fourth-order valence-corrected chi connectivity index (χ4v) is 1.18. The van der Waals surface area contributed by atoms with E-state index in [1.54, 1.807) is 12.1 Å². The lowest BCUT2D eigenvalue weighted by Crippen LogP contribution is -2.37. The van der Waals surface area contributed by atoms with Crippen LogP contribution in [0.2, 0.25) is 0 Å². The van der Waals surface area contributed by atoms with Crippen LogP contribution in [-0.2, 0) is 0 Å². The van der Waals surface area contributed by atoms with Crippen molar-refractivity contribution in [3.05, 3.63) is 17.8 Å². The number of nitrogens with two attached hydrogens (primary N) is 1. The Morgan fingerprint density at radius 3 is 2.50 bits per heavy atom. The minimum atomic E-state index is -0.626. The van der Waals surface area contributed by atoms with Crippen LogP contribution in [0.25, 0.3) is 0 Å². The van der Waals surface area contributed by atoms with E-state index < -0.39 is 6.03 Å². The fraction of sp³-hybridized carbons (Fsp3) is 0.400. The van der Waals surface area contributed by atoms with Gasteiger partial charge in [-0.3, -0.25) is 4.79 Å². The lowest BCUT2D eigenvalue weighted by Gasteiger charge is -2.05. The number of hydrogen-bond donors (Lipinski definition) is 4. The van der Waals surface area contributed by atoms with Gasteiger partial charge in [-0.25, -0.2) is 4.79 Å². The monoisotopic (exact) mass is 252 g/mol. The van der Waals surface area contributed by atoms with E-state index in [0.29, 0.717) is 5.82 Å². The number of nitrogens with zero attached hydrogens (tertiary/aromatic N) is 2. The molecule has 1 heterocycles. The fourth-order valence-electron chi connectivity index (χ4n) is 1.18. The molecule has 1 aromatic rings. The number of amides is 3. The van der Waals surface area contributed by atoms with Gasteiger partial charge in [0.25, 0.3) is 5.91 Å². The van der Waals surface area contributed by atoms with E-state index in [2.05, 4.69) is 26.1 Å². The predicted molar refractivity (Wildman–Crippen MR) is 66.1 cm³/mol. The van der Waals surface area contributed by atoms with Crippen LogP contribution in [0.15, 0.2) is 12.1 Å². The number of carbonyl (C=O) groups excluding carboxylic acids is 2. The summed E-state index contributed by atoms with van der Waals surface area (Å²) in [5, 5.41) is 15.5. The highest BCUT2D eigenvalue weighted by Crippen LogP contribution is 2.00. The summed E-state index contributed by atoms with van der Waals surface area (Å²) in [5.74, 6) is 0.265. The second-order valence-electron chi connectivity index (χ2n) is 3.38. The first-order chi connectivity index (χ1) is 8.63. The molecule has 8 heteroatoms. The van der Waals surface area contributed by atoms with Gasteiger partial charge in [-0.2, -0.15) is 0 Å². The molecule has 98 valence electrons. The maximum atomic E-state index is 11.6. The zero-order valence-corrected chi connectivity index (χ0v) is 10.1. The molecular formula is C10H16N6O2. The van der Waals surface area contributed by atoms with Crippen LogP contribution in [-0.4, -0.2) is 41.8 Å². The number of nitrogens with one attached hydrogen (secondary N) is 3. The summed E-state index contributed by atoms with van der Waals surface area (Å²) in [6.07, 6.45) is 0. The van der Waals surface area contributed by atoms with Crippen molar-refractivity contribution in [3.63, 3.8) is 0 Å². The third-order valence-corrected chi connectivity index (χ3v) is 1.96. The molecule has 0 fully saturated rings. The Kier molecular flexibility index (Phi) is 5.36. The topological polar surface area (TPSA) is 122 Å². The molecular weight excluding hydrogens is 236 g/mol. The van der Waals surface area contributed by atoms with E-state index in [1.807, 2.05) is 6.92 Å². The largest absolute Gasteiger partial charge is 0.369 e. The number of rotatable bonds is 6. The zero-order chi connectivity index (χ0) is 13.4. The Bertz CT molecular complexity index is 405. The molecule has 0 unspecified atom stereocenters. The Labute approximate surface area is 104 Å². The summed E-state index contributed by atoms with van der Waals surface area (Å²) in [7, 11) is 0. The quantitative estimate of drug-likeness (QED) is 0.499. The molecule has 18 heavy (non-hydrogen) atoms. The van der Waals surface area contributed by atoms with Crippen LogP contribution < -0.4 is 21.7 Å². The second-order valence-corrected chi connectivity index (χ2v) is 3.38. The van der Waals surface area contributed by atoms with Gasteiger partial charge in [-0.15, -0.1) is 10.2 Å². The molecule has 0 bridgehead atoms. The van der Waals surface area contributed by atoms with Gasteiger partial charge in [0.1, 0.15) is 5.82 Å². The van der Waals surface area contributed by atoms with Crippen molar-refractivity contribution in [1.29, 1.82) is 0 Å². The lowest BCUT2D eigenvalue weighted by atomic mass is 10.3. The average molecular weight is 252 g/mol. The summed E-state index contributed by atoms with van der Waals surface area (Å²) in [5.41, 5.74) is 5.09. The van der Waals surface area contributed by atoms with E-state index in [1.165, 1.54) is 0 Å². The smallest absolute Gasteiger partial charge is 0.312 e. The van der Waals surface area contributed by atoms with E-state index in [0.717, 1.165) is 6.54 Å². The van der Waals surface area contributed by atoms with Crippen molar-refractivity contribution in [1.82, 2.24) is 20.8 Å². The summed E-state index contributed by atoms with van der Waals surface area (Å²) in [4.78, 5) is 22.0. The molecule has 0 radical (unpaired) electrons. The van der Waals surface area contributed by atoms with E-state index >= 15 is 0 Å². The third-order valence-electron chi connectivity index (χ3n) is 1.96. The van der Waals surface area contributed by atoms with Gasteiger partial charge < -0.3 is 21.7 Å². The van der Waals surface area contributed by atoms with Crippen LogP contribution in [0, 0.1) is 0 Å². The minimum Gasteiger partial charge on any atom is -0.369 e. The summed E-state index contributed by atoms with van der Waals surface area (Å²) < 4.78 is 0. The van der Waals surface area contributed by atoms with Crippen molar-refractivity contribution in [2.75, 3.05) is 25.0 Å². The molecule has 5 N–H and O–H groups in total. The molecule has 0 saturated heterocycles. The highest BCUT2D eigenvalue weighted by molar-refractivity contribution is 5.92. The number of hydrogen-bond acceptors (Lipinski definition) is 5. The number of urea groups is 1. The Morgan fingerprint density at radius 2 is 1.94 bits per heavy atom. The summed E-state index contributed by atoms with van der Waals surface area (Å²) >= 11 is 0. The van der Waals surface area contributed by atoms with Gasteiger partial charge in [-0.05, 0) is 19.1 Å². The SMILES string of the molecule is CCNc1ccc(C(=O)NCCNC(N)=O)nn1. The molecule has 0 saturated carbocycles. The van der Waals surface area contributed by atoms with Crippen LogP contribution in [0.3, 0.4) is 0 Å². The first-order valence-electron chi connectivity index (χ1n) is 5.52. The second kappa shape index (κ2) is 7.05. The van der Waals surface area contributed by atoms with E-state index in [9.17, 15) is 9.59 Å². The van der Waals surface area contributed by atoms with Gasteiger partial charge in [0, 0.05) is 19.6 Å². The van der Waals surface area contributed by atoms with Gasteiger partial charge in [-0.1, -0.05) is 0 Å². The summed E-state index contributed by atoms with van der Waals surface area (Å²) in [6, 6.07) is 2.62. The minimum absolute atomic E-state index is 0.218. The maximum absolute atomic E-state index is 11.6. The zero-order valence-electron chi connectivity index (χ0n) is 10.1. The first-order valence-corrected chi connectivity index (χ1v) is 5.52. The number of anilines is 1. The van der Waals surface area contributed by atoms with Crippen LogP contribution in [0.5, 0.6) is 0 Å². The van der Waals surface area contributed by atoms with Crippen molar-refractivity contribution in [3.8, 4) is 0 Å². The molecule has 0 aromatic carbocycles. The Morgan fingerprint density at radius 1 is 1.22 bits per heavy atom. The molecule has 0 aliphatic rings. The third kappa shape index (κ3) is 4.64. The van der Waals surface area contributed by atoms with E-state index in [4.69, 9.17) is 5.73 Å². The normalized spacial score (nSPS) is 9.61. The van der Waals surface area contributed by atoms with Crippen molar-refractivity contribution in [2.24, 2.45) is 5.73 Å². The van der Waals surface area contributed by atoms with Gasteiger partial charge in [0.05, 0.1) is 0 Å². The van der Waals surface area contributed by atoms with Crippen LogP contribution in [0.1, 0.15) is 17.4 Å². The molecule has 1 aromatic heterocycles. The van der Waals surface area contributed by atoms with Crippen molar-refractivity contribution >= 4 is 17.8 Å². The number of aromatic nitrogens is 2. The van der Waals surface area contributed by atoms with Gasteiger partial charge in [0.15, 0.2) is 5.69 Å². The maximum Gasteiger partial charge on any atom is 0.312 e. The first kappa shape index (κ1) is 13.7. The Balaban J connectivity index is 2.39. The number of primary amides is 1. The molecule has 3 amide bonds. The molecule has 8 nitrogen and oxygen atoms in total. The molecule has 0 aliphatic heterocycles.